The molecule has 6 aliphatic rings. The summed E-state index contributed by atoms with van der Waals surface area (Å²) >= 11 is 0. The van der Waals surface area contributed by atoms with E-state index in [0.717, 1.165) is 31.4 Å². The highest BCUT2D eigenvalue weighted by atomic mass is 16.3. The van der Waals surface area contributed by atoms with E-state index < -0.39 is 11.2 Å². The fourth-order valence-electron chi connectivity index (χ4n) is 6.66. The maximum Gasteiger partial charge on any atom is 0.103 e. The number of rotatable bonds is 1. The molecule has 0 aromatic heterocycles. The Morgan fingerprint density at radius 2 is 1.39 bits per heavy atom. The fourth-order valence-corrected chi connectivity index (χ4v) is 6.66. The van der Waals surface area contributed by atoms with Crippen LogP contribution in [-0.2, 0) is 0 Å². The summed E-state index contributed by atoms with van der Waals surface area (Å²) in [6.07, 6.45) is 4.13. The topological polar surface area (TPSA) is 52.8 Å². The molecule has 0 heterocycles. The van der Waals surface area contributed by atoms with Crippen LogP contribution in [0.25, 0.3) is 0 Å². The zero-order valence-electron chi connectivity index (χ0n) is 15.6. The van der Waals surface area contributed by atoms with Crippen LogP contribution in [0.5, 0.6) is 0 Å². The molecule has 0 amide bonds. The van der Waals surface area contributed by atoms with Crippen molar-refractivity contribution in [3.63, 3.8) is 0 Å². The molecular weight excluding hydrogens is 286 g/mol. The summed E-state index contributed by atoms with van der Waals surface area (Å²) in [5.74, 6) is 1.96. The molecule has 3 nitrogen and oxygen atoms in total. The average molecular weight is 319 g/mol. The molecule has 6 rings (SSSR count). The summed E-state index contributed by atoms with van der Waals surface area (Å²) in [5.41, 5.74) is -0.118. The molecule has 3 heteroatoms. The van der Waals surface area contributed by atoms with Crippen molar-refractivity contribution >= 4 is 5.71 Å². The van der Waals surface area contributed by atoms with Crippen molar-refractivity contribution in [2.75, 3.05) is 0 Å². The van der Waals surface area contributed by atoms with Crippen LogP contribution in [0, 0.1) is 34.5 Å². The van der Waals surface area contributed by atoms with Crippen molar-refractivity contribution in [1.29, 1.82) is 0 Å². The van der Waals surface area contributed by atoms with E-state index in [-0.39, 0.29) is 16.9 Å². The Labute approximate surface area is 140 Å². The van der Waals surface area contributed by atoms with E-state index in [4.69, 9.17) is 4.99 Å². The Kier molecular flexibility index (Phi) is 2.95. The van der Waals surface area contributed by atoms with Crippen LogP contribution in [0.1, 0.15) is 67.2 Å². The lowest BCUT2D eigenvalue weighted by Crippen LogP contribution is -2.67. The van der Waals surface area contributed by atoms with Gasteiger partial charge in [0.2, 0.25) is 0 Å². The second-order valence-electron chi connectivity index (χ2n) is 10.5. The molecule has 0 aromatic carbocycles. The van der Waals surface area contributed by atoms with Crippen molar-refractivity contribution in [2.24, 2.45) is 39.5 Å². The molecule has 6 fully saturated rings. The molecule has 4 bridgehead atoms. The molecule has 0 unspecified atom stereocenters. The molecular formula is C20H33NO2. The van der Waals surface area contributed by atoms with Gasteiger partial charge in [-0.3, -0.25) is 4.99 Å². The van der Waals surface area contributed by atoms with Gasteiger partial charge >= 0.3 is 0 Å². The number of hydrogen-bond donors (Lipinski definition) is 2. The predicted molar refractivity (Wildman–Crippen MR) is 92.5 cm³/mol. The highest BCUT2D eigenvalue weighted by Crippen LogP contribution is 2.64. The van der Waals surface area contributed by atoms with Gasteiger partial charge < -0.3 is 10.2 Å². The summed E-state index contributed by atoms with van der Waals surface area (Å²) < 4.78 is 0. The van der Waals surface area contributed by atoms with Gasteiger partial charge in [-0.25, -0.2) is 0 Å². The normalized spacial score (nSPS) is 57.6. The molecule has 7 atom stereocenters. The fraction of sp³-hybridized carbons (Fsp3) is 0.950. The summed E-state index contributed by atoms with van der Waals surface area (Å²) in [4.78, 5) is 5.01. The van der Waals surface area contributed by atoms with Crippen LogP contribution in [0.3, 0.4) is 0 Å². The molecule has 0 spiro atoms. The third-order valence-corrected chi connectivity index (χ3v) is 8.84. The summed E-state index contributed by atoms with van der Waals surface area (Å²) in [5, 5.41) is 22.3. The van der Waals surface area contributed by atoms with Crippen molar-refractivity contribution in [3.05, 3.63) is 0 Å². The first kappa shape index (κ1) is 16.1. The number of aliphatic imine (C=N–C) groups is 1. The Hall–Kier alpha value is -0.410. The molecule has 0 aliphatic heterocycles. The van der Waals surface area contributed by atoms with Gasteiger partial charge in [0.05, 0.1) is 11.6 Å². The van der Waals surface area contributed by atoms with Crippen LogP contribution in [0.2, 0.25) is 0 Å². The largest absolute Gasteiger partial charge is 0.388 e. The van der Waals surface area contributed by atoms with Gasteiger partial charge in [-0.05, 0) is 74.0 Å². The monoisotopic (exact) mass is 319 g/mol. The summed E-state index contributed by atoms with van der Waals surface area (Å²) in [7, 11) is 0. The lowest BCUT2D eigenvalue weighted by atomic mass is 9.42. The van der Waals surface area contributed by atoms with Gasteiger partial charge in [0.1, 0.15) is 5.60 Å². The Morgan fingerprint density at radius 3 is 1.87 bits per heavy atom. The Balaban J connectivity index is 1.62. The van der Waals surface area contributed by atoms with Crippen molar-refractivity contribution < 1.29 is 10.2 Å². The molecule has 2 N–H and O–H groups in total. The van der Waals surface area contributed by atoms with Gasteiger partial charge in [-0.15, -0.1) is 0 Å². The molecule has 0 radical (unpaired) electrons. The highest BCUT2D eigenvalue weighted by Gasteiger charge is 2.65. The highest BCUT2D eigenvalue weighted by molar-refractivity contribution is 5.94. The SMILES string of the molecule is CC1(C)[C@@H]2C[C@@H](N=C3C[C@@H]4C[C@@H](C4(C)C)[C@]3(C)O)[C@@](C)(O)[C@H]1C2. The van der Waals surface area contributed by atoms with Gasteiger partial charge in [-0.1, -0.05) is 27.7 Å². The van der Waals surface area contributed by atoms with Gasteiger partial charge in [0.25, 0.3) is 0 Å². The van der Waals surface area contributed by atoms with E-state index in [9.17, 15) is 10.2 Å². The molecule has 0 saturated heterocycles. The van der Waals surface area contributed by atoms with E-state index in [1.807, 2.05) is 13.8 Å². The zero-order valence-corrected chi connectivity index (χ0v) is 15.6. The quantitative estimate of drug-likeness (QED) is 0.778. The Morgan fingerprint density at radius 1 is 0.826 bits per heavy atom. The molecule has 6 aliphatic carbocycles. The maximum absolute atomic E-state index is 11.2. The molecule has 130 valence electrons. The number of aliphatic hydroxyl groups is 2. The van der Waals surface area contributed by atoms with E-state index >= 15 is 0 Å². The number of nitrogens with zero attached hydrogens (tertiary/aromatic N) is 1. The summed E-state index contributed by atoms with van der Waals surface area (Å²) in [6, 6.07) is -0.0404. The second-order valence-corrected chi connectivity index (χ2v) is 10.5. The van der Waals surface area contributed by atoms with Crippen molar-refractivity contribution in [2.45, 2.75) is 84.5 Å². The third kappa shape index (κ3) is 1.81. The van der Waals surface area contributed by atoms with Crippen LogP contribution >= 0.6 is 0 Å². The molecule has 6 saturated carbocycles. The lowest BCUT2D eigenvalue weighted by Gasteiger charge is -2.65. The molecule has 0 aromatic rings. The lowest BCUT2D eigenvalue weighted by molar-refractivity contribution is -0.203. The predicted octanol–water partition coefficient (Wildman–Crippen LogP) is 3.43. The van der Waals surface area contributed by atoms with Crippen LogP contribution in [0.15, 0.2) is 4.99 Å². The second kappa shape index (κ2) is 4.22. The minimum atomic E-state index is -0.800. The van der Waals surface area contributed by atoms with Gasteiger partial charge in [0, 0.05) is 5.71 Å². The van der Waals surface area contributed by atoms with Crippen LogP contribution in [0.4, 0.5) is 0 Å². The minimum absolute atomic E-state index is 0.0404. The minimum Gasteiger partial charge on any atom is -0.388 e. The van der Waals surface area contributed by atoms with Crippen LogP contribution in [-0.4, -0.2) is 33.2 Å². The van der Waals surface area contributed by atoms with E-state index in [2.05, 4.69) is 27.7 Å². The van der Waals surface area contributed by atoms with Crippen LogP contribution < -0.4 is 0 Å². The van der Waals surface area contributed by atoms with E-state index in [1.54, 1.807) is 0 Å². The first-order valence-corrected chi connectivity index (χ1v) is 9.41. The smallest absolute Gasteiger partial charge is 0.103 e. The average Bonchev–Trinajstić information content (AvgIpc) is 2.40. The number of hydrogen-bond acceptors (Lipinski definition) is 3. The first-order chi connectivity index (χ1) is 10.4. The van der Waals surface area contributed by atoms with E-state index in [0.29, 0.717) is 23.7 Å². The Bertz CT molecular complexity index is 572. The standard InChI is InChI=1S/C20H33NO2/c1-17(2)11-7-13(17)19(5,22)15(9-11)21-16-10-12-8-14(18(12,3)4)20(16,6)23/h11-15,22-23H,7-10H2,1-6H3/t11-,12-,13-,14-,15+,19-,20-/m0/s1. The first-order valence-electron chi connectivity index (χ1n) is 9.41. The molecule has 23 heavy (non-hydrogen) atoms. The van der Waals surface area contributed by atoms with Crippen molar-refractivity contribution in [3.8, 4) is 0 Å². The summed E-state index contributed by atoms with van der Waals surface area (Å²) in [6.45, 7) is 13.1. The van der Waals surface area contributed by atoms with Gasteiger partial charge in [0.15, 0.2) is 0 Å². The van der Waals surface area contributed by atoms with Crippen molar-refractivity contribution in [1.82, 2.24) is 0 Å². The third-order valence-electron chi connectivity index (χ3n) is 8.84. The zero-order chi connectivity index (χ0) is 17.0. The number of fused-ring (bicyclic) bond motifs is 4. The maximum atomic E-state index is 11.2. The van der Waals surface area contributed by atoms with Gasteiger partial charge in [-0.2, -0.15) is 0 Å². The van der Waals surface area contributed by atoms with E-state index in [1.165, 1.54) is 0 Å².